The topological polar surface area (TPSA) is 56.0 Å². The maximum atomic E-state index is 4.39. The van der Waals surface area contributed by atoms with Crippen LogP contribution in [0, 0.1) is 13.8 Å². The van der Waals surface area contributed by atoms with Crippen molar-refractivity contribution in [1.29, 1.82) is 0 Å². The molecule has 0 aromatic carbocycles. The summed E-state index contributed by atoms with van der Waals surface area (Å²) in [6.07, 6.45) is 1.76. The summed E-state index contributed by atoms with van der Waals surface area (Å²) in [6.45, 7) is 7.82. The molecule has 0 aliphatic carbocycles. The number of nitrogens with zero attached hydrogens (tertiary/aromatic N) is 5. The van der Waals surface area contributed by atoms with Crippen LogP contribution in [0.3, 0.4) is 0 Å². The molecule has 3 aromatic rings. The van der Waals surface area contributed by atoms with E-state index in [0.717, 1.165) is 28.1 Å². The van der Waals surface area contributed by atoms with Crippen molar-refractivity contribution in [3.05, 3.63) is 29.8 Å². The molecule has 3 heterocycles. The SMILES string of the molecule is CC.Cc1nn2c(C)nnc2c2cccnc12. The molecule has 0 unspecified atom stereocenters. The van der Waals surface area contributed by atoms with Crippen molar-refractivity contribution in [2.24, 2.45) is 0 Å². The quantitative estimate of drug-likeness (QED) is 0.593. The summed E-state index contributed by atoms with van der Waals surface area (Å²) in [6, 6.07) is 3.88. The number of aromatic nitrogens is 5. The molecule has 0 aliphatic heterocycles. The van der Waals surface area contributed by atoms with Gasteiger partial charge in [-0.2, -0.15) is 9.61 Å². The minimum absolute atomic E-state index is 0.765. The largest absolute Gasteiger partial charge is 0.254 e. The van der Waals surface area contributed by atoms with Gasteiger partial charge in [-0.1, -0.05) is 13.8 Å². The number of rotatable bonds is 0. The molecule has 0 saturated carbocycles. The van der Waals surface area contributed by atoms with Crippen molar-refractivity contribution in [3.8, 4) is 0 Å². The van der Waals surface area contributed by atoms with E-state index < -0.39 is 0 Å². The maximum absolute atomic E-state index is 4.39. The van der Waals surface area contributed by atoms with Crippen molar-refractivity contribution < 1.29 is 0 Å². The fourth-order valence-electron chi connectivity index (χ4n) is 1.72. The molecule has 17 heavy (non-hydrogen) atoms. The first kappa shape index (κ1) is 11.4. The Morgan fingerprint density at radius 2 is 1.88 bits per heavy atom. The zero-order valence-electron chi connectivity index (χ0n) is 10.5. The van der Waals surface area contributed by atoms with Crippen LogP contribution in [0.25, 0.3) is 16.6 Å². The molecule has 0 aliphatic rings. The highest BCUT2D eigenvalue weighted by Crippen LogP contribution is 2.17. The first-order valence-electron chi connectivity index (χ1n) is 5.71. The van der Waals surface area contributed by atoms with Gasteiger partial charge in [0.1, 0.15) is 0 Å². The third kappa shape index (κ3) is 1.73. The van der Waals surface area contributed by atoms with Crippen molar-refractivity contribution >= 4 is 16.6 Å². The lowest BCUT2D eigenvalue weighted by molar-refractivity contribution is 0.858. The van der Waals surface area contributed by atoms with Gasteiger partial charge in [-0.05, 0) is 26.0 Å². The van der Waals surface area contributed by atoms with E-state index in [0.29, 0.717) is 0 Å². The molecule has 0 fully saturated rings. The second-order valence-electron chi connectivity index (χ2n) is 3.47. The lowest BCUT2D eigenvalue weighted by Gasteiger charge is -2.01. The van der Waals surface area contributed by atoms with Crippen LogP contribution in [0.1, 0.15) is 25.4 Å². The number of hydrogen-bond donors (Lipinski definition) is 0. The van der Waals surface area contributed by atoms with Crippen LogP contribution in [0.2, 0.25) is 0 Å². The number of fused-ring (bicyclic) bond motifs is 3. The monoisotopic (exact) mass is 229 g/mol. The van der Waals surface area contributed by atoms with E-state index in [1.54, 1.807) is 10.7 Å². The normalized spacial score (nSPS) is 10.4. The highest BCUT2D eigenvalue weighted by molar-refractivity contribution is 5.91. The van der Waals surface area contributed by atoms with Gasteiger partial charge in [0, 0.05) is 11.6 Å². The Morgan fingerprint density at radius 3 is 2.65 bits per heavy atom. The molecule has 0 saturated heterocycles. The minimum Gasteiger partial charge on any atom is -0.254 e. The van der Waals surface area contributed by atoms with Gasteiger partial charge in [-0.3, -0.25) is 4.98 Å². The zero-order chi connectivity index (χ0) is 12.4. The Balaban J connectivity index is 0.000000514. The molecule has 5 heteroatoms. The van der Waals surface area contributed by atoms with E-state index in [1.807, 2.05) is 39.8 Å². The van der Waals surface area contributed by atoms with E-state index >= 15 is 0 Å². The minimum atomic E-state index is 0.765. The van der Waals surface area contributed by atoms with Crippen LogP contribution < -0.4 is 0 Å². The van der Waals surface area contributed by atoms with Gasteiger partial charge in [0.15, 0.2) is 11.5 Å². The van der Waals surface area contributed by atoms with Gasteiger partial charge in [0.25, 0.3) is 0 Å². The third-order valence-corrected chi connectivity index (χ3v) is 2.44. The van der Waals surface area contributed by atoms with E-state index in [1.165, 1.54) is 0 Å². The second-order valence-corrected chi connectivity index (χ2v) is 3.47. The first-order chi connectivity index (χ1) is 8.27. The van der Waals surface area contributed by atoms with Crippen molar-refractivity contribution in [3.63, 3.8) is 0 Å². The van der Waals surface area contributed by atoms with Gasteiger partial charge in [-0.25, -0.2) is 0 Å². The van der Waals surface area contributed by atoms with Crippen LogP contribution in [0.15, 0.2) is 18.3 Å². The van der Waals surface area contributed by atoms with E-state index in [2.05, 4.69) is 20.3 Å². The lowest BCUT2D eigenvalue weighted by atomic mass is 10.2. The van der Waals surface area contributed by atoms with Crippen LogP contribution in [-0.4, -0.2) is 24.8 Å². The van der Waals surface area contributed by atoms with E-state index in [4.69, 9.17) is 0 Å². The summed E-state index contributed by atoms with van der Waals surface area (Å²) in [4.78, 5) is 4.30. The Kier molecular flexibility index (Phi) is 2.99. The molecule has 3 rings (SSSR count). The van der Waals surface area contributed by atoms with Crippen molar-refractivity contribution in [1.82, 2.24) is 24.8 Å². The maximum Gasteiger partial charge on any atom is 0.187 e. The van der Waals surface area contributed by atoms with Gasteiger partial charge in [-0.15, -0.1) is 10.2 Å². The molecule has 0 amide bonds. The highest BCUT2D eigenvalue weighted by atomic mass is 15.4. The predicted octanol–water partition coefficient (Wildman–Crippen LogP) is 2.32. The molecule has 0 atom stereocenters. The number of aryl methyl sites for hydroxylation is 2. The van der Waals surface area contributed by atoms with Crippen LogP contribution in [0.5, 0.6) is 0 Å². The van der Waals surface area contributed by atoms with Gasteiger partial charge < -0.3 is 0 Å². The lowest BCUT2D eigenvalue weighted by Crippen LogP contribution is -1.99. The highest BCUT2D eigenvalue weighted by Gasteiger charge is 2.09. The summed E-state index contributed by atoms with van der Waals surface area (Å²) < 4.78 is 1.75. The number of pyridine rings is 1. The van der Waals surface area contributed by atoms with Crippen LogP contribution in [0.4, 0.5) is 0 Å². The summed E-state index contributed by atoms with van der Waals surface area (Å²) in [5.41, 5.74) is 2.54. The molecule has 0 N–H and O–H groups in total. The van der Waals surface area contributed by atoms with Gasteiger partial charge in [0.05, 0.1) is 11.2 Å². The average molecular weight is 229 g/mol. The molecule has 3 aromatic heterocycles. The Morgan fingerprint density at radius 1 is 1.12 bits per heavy atom. The fourth-order valence-corrected chi connectivity index (χ4v) is 1.72. The van der Waals surface area contributed by atoms with Crippen LogP contribution in [-0.2, 0) is 0 Å². The summed E-state index contributed by atoms with van der Waals surface area (Å²) in [5.74, 6) is 0.791. The van der Waals surface area contributed by atoms with Crippen molar-refractivity contribution in [2.45, 2.75) is 27.7 Å². The zero-order valence-corrected chi connectivity index (χ0v) is 10.5. The molecule has 0 spiro atoms. The van der Waals surface area contributed by atoms with Crippen molar-refractivity contribution in [2.75, 3.05) is 0 Å². The molecular formula is C12H15N5. The van der Waals surface area contributed by atoms with Crippen LogP contribution >= 0.6 is 0 Å². The fraction of sp³-hybridized carbons (Fsp3) is 0.333. The molecule has 88 valence electrons. The predicted molar refractivity (Wildman–Crippen MR) is 66.9 cm³/mol. The summed E-state index contributed by atoms with van der Waals surface area (Å²) >= 11 is 0. The standard InChI is InChI=1S/C10H9N5.C2H6/c1-6-9-8(4-3-5-11-9)10-13-12-7(2)15(10)14-6;1-2/h3-5H,1-2H3;1-2H3. The second kappa shape index (κ2) is 4.45. The smallest absolute Gasteiger partial charge is 0.187 e. The van der Waals surface area contributed by atoms with Gasteiger partial charge in [0.2, 0.25) is 0 Å². The average Bonchev–Trinajstić information content (AvgIpc) is 2.75. The first-order valence-corrected chi connectivity index (χ1v) is 5.71. The molecule has 0 bridgehead atoms. The van der Waals surface area contributed by atoms with E-state index in [9.17, 15) is 0 Å². The van der Waals surface area contributed by atoms with E-state index in [-0.39, 0.29) is 0 Å². The summed E-state index contributed by atoms with van der Waals surface area (Å²) in [5, 5.41) is 13.5. The third-order valence-electron chi connectivity index (χ3n) is 2.44. The summed E-state index contributed by atoms with van der Waals surface area (Å²) in [7, 11) is 0. The Bertz CT molecular complexity index is 656. The molecule has 5 nitrogen and oxygen atoms in total. The molecule has 0 radical (unpaired) electrons. The molecular weight excluding hydrogens is 214 g/mol. The number of hydrogen-bond acceptors (Lipinski definition) is 4. The Labute approximate surface area is 99.5 Å². The Hall–Kier alpha value is -2.04. The van der Waals surface area contributed by atoms with Gasteiger partial charge >= 0.3 is 0 Å².